The number of para-hydroxylation sites is 1. The van der Waals surface area contributed by atoms with Crippen LogP contribution in [0.25, 0.3) is 0 Å². The molecule has 2 heterocycles. The van der Waals surface area contributed by atoms with Crippen LogP contribution in [-0.4, -0.2) is 48.6 Å². The predicted octanol–water partition coefficient (Wildman–Crippen LogP) is 3.03. The summed E-state index contributed by atoms with van der Waals surface area (Å²) in [4.78, 5) is 30.3. The first kappa shape index (κ1) is 18.3. The van der Waals surface area contributed by atoms with E-state index in [9.17, 15) is 9.59 Å². The smallest absolute Gasteiger partial charge is 0.339 e. The molecule has 1 aliphatic heterocycles. The van der Waals surface area contributed by atoms with Gasteiger partial charge in [-0.15, -0.1) is 0 Å². The Kier molecular flexibility index (Phi) is 5.78. The van der Waals surface area contributed by atoms with E-state index in [0.29, 0.717) is 22.7 Å². The average molecular weight is 372 g/mol. The van der Waals surface area contributed by atoms with Crippen molar-refractivity contribution in [1.82, 2.24) is 4.98 Å². The molecule has 0 bridgehead atoms. The van der Waals surface area contributed by atoms with Crippen LogP contribution in [0.5, 0.6) is 5.88 Å². The minimum atomic E-state index is -0.489. The third kappa shape index (κ3) is 3.99. The number of anilines is 1. The van der Waals surface area contributed by atoms with Crippen molar-refractivity contribution in [1.29, 1.82) is 0 Å². The molecule has 0 saturated carbocycles. The van der Waals surface area contributed by atoms with Crippen LogP contribution in [-0.2, 0) is 4.74 Å². The van der Waals surface area contributed by atoms with E-state index in [1.54, 1.807) is 43.4 Å². The highest BCUT2D eigenvalue weighted by molar-refractivity contribution is 7.99. The Hall–Kier alpha value is -2.54. The molecule has 1 saturated heterocycles. The lowest BCUT2D eigenvalue weighted by molar-refractivity contribution is 0.0601. The molecular weight excluding hydrogens is 352 g/mol. The molecule has 1 fully saturated rings. The summed E-state index contributed by atoms with van der Waals surface area (Å²) in [7, 11) is 2.93. The van der Waals surface area contributed by atoms with Crippen LogP contribution >= 0.6 is 11.8 Å². The highest BCUT2D eigenvalue weighted by Gasteiger charge is 2.21. The SMILES string of the molecule is COC(=O)c1ccccc1N(C)C(=O)c1ccc(O[C@@H]2CCSC2)nc1. The molecule has 1 atom stereocenters. The lowest BCUT2D eigenvalue weighted by Gasteiger charge is -2.20. The quantitative estimate of drug-likeness (QED) is 0.752. The van der Waals surface area contributed by atoms with Crippen LogP contribution in [0.3, 0.4) is 0 Å². The molecule has 0 radical (unpaired) electrons. The molecule has 1 aliphatic rings. The van der Waals surface area contributed by atoms with Gasteiger partial charge in [0.15, 0.2) is 0 Å². The summed E-state index contributed by atoms with van der Waals surface area (Å²) < 4.78 is 10.6. The van der Waals surface area contributed by atoms with E-state index in [1.807, 2.05) is 11.8 Å². The normalized spacial score (nSPS) is 16.2. The Morgan fingerprint density at radius 3 is 2.69 bits per heavy atom. The number of aromatic nitrogens is 1. The molecule has 6 nitrogen and oxygen atoms in total. The molecule has 26 heavy (non-hydrogen) atoms. The number of thioether (sulfide) groups is 1. The fourth-order valence-electron chi connectivity index (χ4n) is 2.70. The van der Waals surface area contributed by atoms with E-state index < -0.39 is 5.97 Å². The van der Waals surface area contributed by atoms with Gasteiger partial charge in [-0.2, -0.15) is 11.8 Å². The summed E-state index contributed by atoms with van der Waals surface area (Å²) in [6.07, 6.45) is 2.69. The molecular formula is C19H20N2O4S. The first-order valence-corrected chi connectivity index (χ1v) is 9.41. The van der Waals surface area contributed by atoms with Gasteiger partial charge in [-0.05, 0) is 30.4 Å². The van der Waals surface area contributed by atoms with Crippen LogP contribution < -0.4 is 9.64 Å². The molecule has 0 spiro atoms. The van der Waals surface area contributed by atoms with Gasteiger partial charge in [-0.1, -0.05) is 12.1 Å². The number of rotatable bonds is 5. The average Bonchev–Trinajstić information content (AvgIpc) is 3.20. The Bertz CT molecular complexity index is 788. The fourth-order valence-corrected chi connectivity index (χ4v) is 3.80. The fraction of sp³-hybridized carbons (Fsp3) is 0.316. The molecule has 3 rings (SSSR count). The predicted molar refractivity (Wildman–Crippen MR) is 101 cm³/mol. The minimum absolute atomic E-state index is 0.184. The summed E-state index contributed by atoms with van der Waals surface area (Å²) in [6.45, 7) is 0. The Balaban J connectivity index is 1.75. The lowest BCUT2D eigenvalue weighted by atomic mass is 10.1. The summed E-state index contributed by atoms with van der Waals surface area (Å²) in [6, 6.07) is 10.2. The van der Waals surface area contributed by atoms with Crippen molar-refractivity contribution in [2.24, 2.45) is 0 Å². The number of esters is 1. The second-order valence-corrected chi connectivity index (χ2v) is 7.01. The molecule has 1 aromatic carbocycles. The van der Waals surface area contributed by atoms with E-state index in [1.165, 1.54) is 18.2 Å². The zero-order valence-corrected chi connectivity index (χ0v) is 15.5. The summed E-state index contributed by atoms with van der Waals surface area (Å²) in [5.74, 6) is 1.83. The van der Waals surface area contributed by atoms with Gasteiger partial charge in [-0.25, -0.2) is 9.78 Å². The summed E-state index contributed by atoms with van der Waals surface area (Å²) in [5.41, 5.74) is 1.23. The maximum atomic E-state index is 12.8. The largest absolute Gasteiger partial charge is 0.473 e. The molecule has 2 aromatic rings. The van der Waals surface area contributed by atoms with Gasteiger partial charge in [0.05, 0.1) is 23.9 Å². The number of hydrogen-bond donors (Lipinski definition) is 0. The van der Waals surface area contributed by atoms with Crippen molar-refractivity contribution in [2.45, 2.75) is 12.5 Å². The van der Waals surface area contributed by atoms with Gasteiger partial charge in [0.2, 0.25) is 5.88 Å². The number of amides is 1. The van der Waals surface area contributed by atoms with Gasteiger partial charge in [0.25, 0.3) is 5.91 Å². The number of ether oxygens (including phenoxy) is 2. The molecule has 0 aliphatic carbocycles. The van der Waals surface area contributed by atoms with Crippen LogP contribution in [0.1, 0.15) is 27.1 Å². The highest BCUT2D eigenvalue weighted by Crippen LogP contribution is 2.24. The lowest BCUT2D eigenvalue weighted by Crippen LogP contribution is -2.28. The van der Waals surface area contributed by atoms with Crippen molar-refractivity contribution < 1.29 is 19.1 Å². The molecule has 136 valence electrons. The van der Waals surface area contributed by atoms with Gasteiger partial charge >= 0.3 is 5.97 Å². The Morgan fingerprint density at radius 1 is 1.23 bits per heavy atom. The van der Waals surface area contributed by atoms with E-state index >= 15 is 0 Å². The number of nitrogens with zero attached hydrogens (tertiary/aromatic N) is 2. The number of carbonyl (C=O) groups is 2. The molecule has 7 heteroatoms. The van der Waals surface area contributed by atoms with Gasteiger partial charge < -0.3 is 14.4 Å². The van der Waals surface area contributed by atoms with E-state index in [0.717, 1.165) is 17.9 Å². The second-order valence-electron chi connectivity index (χ2n) is 5.86. The standard InChI is InChI=1S/C19H20N2O4S/c1-21(16-6-4-3-5-15(16)19(23)24-2)18(22)13-7-8-17(20-11-13)25-14-9-10-26-12-14/h3-8,11,14H,9-10,12H2,1-2H3/t14-/m1/s1. The Morgan fingerprint density at radius 2 is 2.04 bits per heavy atom. The third-order valence-electron chi connectivity index (χ3n) is 4.13. The zero-order valence-electron chi connectivity index (χ0n) is 14.7. The number of pyridine rings is 1. The minimum Gasteiger partial charge on any atom is -0.473 e. The monoisotopic (exact) mass is 372 g/mol. The highest BCUT2D eigenvalue weighted by atomic mass is 32.2. The maximum absolute atomic E-state index is 12.8. The summed E-state index contributed by atoms with van der Waals surface area (Å²) >= 11 is 1.87. The van der Waals surface area contributed by atoms with Crippen molar-refractivity contribution in [3.8, 4) is 5.88 Å². The third-order valence-corrected chi connectivity index (χ3v) is 5.27. The van der Waals surface area contributed by atoms with Crippen molar-refractivity contribution in [3.63, 3.8) is 0 Å². The number of hydrogen-bond acceptors (Lipinski definition) is 6. The Labute approximate surface area is 156 Å². The van der Waals surface area contributed by atoms with Crippen LogP contribution in [0.4, 0.5) is 5.69 Å². The number of methoxy groups -OCH3 is 1. The number of benzene rings is 1. The van der Waals surface area contributed by atoms with E-state index in [4.69, 9.17) is 9.47 Å². The first-order chi connectivity index (χ1) is 12.6. The van der Waals surface area contributed by atoms with Crippen molar-refractivity contribution >= 4 is 29.3 Å². The van der Waals surface area contributed by atoms with E-state index in [-0.39, 0.29) is 12.0 Å². The summed E-state index contributed by atoms with van der Waals surface area (Å²) in [5, 5.41) is 0. The van der Waals surface area contributed by atoms with Gasteiger partial charge in [-0.3, -0.25) is 4.79 Å². The van der Waals surface area contributed by atoms with E-state index in [2.05, 4.69) is 4.98 Å². The zero-order chi connectivity index (χ0) is 18.5. The molecule has 0 unspecified atom stereocenters. The van der Waals surface area contributed by atoms with Gasteiger partial charge in [0.1, 0.15) is 6.10 Å². The molecule has 1 aromatic heterocycles. The van der Waals surface area contributed by atoms with Crippen LogP contribution in [0.2, 0.25) is 0 Å². The molecule has 1 amide bonds. The topological polar surface area (TPSA) is 68.7 Å². The van der Waals surface area contributed by atoms with Crippen LogP contribution in [0.15, 0.2) is 42.6 Å². The van der Waals surface area contributed by atoms with Crippen molar-refractivity contribution in [2.75, 3.05) is 30.6 Å². The molecule has 0 N–H and O–H groups in total. The van der Waals surface area contributed by atoms with Crippen LogP contribution in [0, 0.1) is 0 Å². The van der Waals surface area contributed by atoms with Crippen molar-refractivity contribution in [3.05, 3.63) is 53.7 Å². The maximum Gasteiger partial charge on any atom is 0.339 e. The van der Waals surface area contributed by atoms with Gasteiger partial charge in [0, 0.05) is 25.1 Å². The first-order valence-electron chi connectivity index (χ1n) is 8.26. The number of carbonyl (C=O) groups excluding carboxylic acids is 2. The second kappa shape index (κ2) is 8.23.